The minimum absolute atomic E-state index is 0.245. The third-order valence-electron chi connectivity index (χ3n) is 1.38. The van der Waals surface area contributed by atoms with Gasteiger partial charge in [-0.1, -0.05) is 34.8 Å². The highest BCUT2D eigenvalue weighted by Crippen LogP contribution is 2.20. The molecule has 2 aromatic heterocycles. The first-order chi connectivity index (χ1) is 5.68. The molecule has 3 nitrogen and oxygen atoms in total. The second-order valence-electron chi connectivity index (χ2n) is 2.13. The Labute approximate surface area is 82.9 Å². The molecule has 0 aliphatic rings. The summed E-state index contributed by atoms with van der Waals surface area (Å²) in [5, 5.41) is 0.984. The summed E-state index contributed by atoms with van der Waals surface area (Å²) in [5.41, 5.74) is 0.506. The van der Waals surface area contributed by atoms with E-state index in [0.29, 0.717) is 10.8 Å². The van der Waals surface area contributed by atoms with Gasteiger partial charge in [0.25, 0.3) is 0 Å². The zero-order valence-corrected chi connectivity index (χ0v) is 7.90. The average molecular weight is 222 g/mol. The zero-order valence-electron chi connectivity index (χ0n) is 5.63. The van der Waals surface area contributed by atoms with Crippen LogP contribution in [0.4, 0.5) is 0 Å². The van der Waals surface area contributed by atoms with Crippen molar-refractivity contribution in [2.24, 2.45) is 0 Å². The lowest BCUT2D eigenvalue weighted by molar-refractivity contribution is 1.13. The SMILES string of the molecule is Clc1cn2c(Cl)cnc2c(Cl)n1. The van der Waals surface area contributed by atoms with Gasteiger partial charge in [-0.25, -0.2) is 9.97 Å². The number of halogens is 3. The lowest BCUT2D eigenvalue weighted by atomic mass is 10.7. The Morgan fingerprint density at radius 1 is 1.25 bits per heavy atom. The van der Waals surface area contributed by atoms with E-state index >= 15 is 0 Å². The molecular formula is C6H2Cl3N3. The van der Waals surface area contributed by atoms with Crippen molar-refractivity contribution in [3.63, 3.8) is 0 Å². The van der Waals surface area contributed by atoms with Crippen molar-refractivity contribution in [1.29, 1.82) is 0 Å². The molecule has 0 aliphatic heterocycles. The van der Waals surface area contributed by atoms with Gasteiger partial charge in [0.05, 0.1) is 6.20 Å². The van der Waals surface area contributed by atoms with E-state index in [2.05, 4.69) is 9.97 Å². The summed E-state index contributed by atoms with van der Waals surface area (Å²) in [5.74, 6) is 0. The fourth-order valence-corrected chi connectivity index (χ4v) is 1.53. The molecule has 6 heteroatoms. The van der Waals surface area contributed by atoms with Crippen LogP contribution in [0.25, 0.3) is 5.65 Å². The van der Waals surface area contributed by atoms with Crippen molar-refractivity contribution in [2.75, 3.05) is 0 Å². The molecule has 0 fully saturated rings. The molecule has 12 heavy (non-hydrogen) atoms. The molecule has 2 heterocycles. The Hall–Kier alpha value is -0.510. The molecule has 0 atom stereocenters. The summed E-state index contributed by atoms with van der Waals surface area (Å²) in [4.78, 5) is 7.74. The van der Waals surface area contributed by atoms with Gasteiger partial charge in [-0.3, -0.25) is 4.40 Å². The molecule has 0 aromatic carbocycles. The van der Waals surface area contributed by atoms with Crippen LogP contribution in [0.15, 0.2) is 12.4 Å². The number of nitrogens with zero attached hydrogens (tertiary/aromatic N) is 3. The van der Waals surface area contributed by atoms with E-state index in [-0.39, 0.29) is 10.3 Å². The molecule has 2 aromatic rings. The van der Waals surface area contributed by atoms with Crippen molar-refractivity contribution >= 4 is 40.4 Å². The Bertz CT molecular complexity index is 437. The van der Waals surface area contributed by atoms with Crippen molar-refractivity contribution < 1.29 is 0 Å². The van der Waals surface area contributed by atoms with Gasteiger partial charge in [0.1, 0.15) is 10.3 Å². The maximum atomic E-state index is 5.77. The molecule has 0 saturated carbocycles. The van der Waals surface area contributed by atoms with Gasteiger partial charge in [0.2, 0.25) is 0 Å². The second-order valence-corrected chi connectivity index (χ2v) is 3.26. The van der Waals surface area contributed by atoms with Gasteiger partial charge in [0.15, 0.2) is 10.8 Å². The van der Waals surface area contributed by atoms with Crippen molar-refractivity contribution in [2.45, 2.75) is 0 Å². The predicted octanol–water partition coefficient (Wildman–Crippen LogP) is 2.69. The summed E-state index contributed by atoms with van der Waals surface area (Å²) in [6, 6.07) is 0. The topological polar surface area (TPSA) is 30.2 Å². The zero-order chi connectivity index (χ0) is 8.72. The van der Waals surface area contributed by atoms with E-state index < -0.39 is 0 Å². The van der Waals surface area contributed by atoms with Crippen molar-refractivity contribution in [1.82, 2.24) is 14.4 Å². The minimum Gasteiger partial charge on any atom is -0.285 e. The Balaban J connectivity index is 2.92. The summed E-state index contributed by atoms with van der Waals surface area (Å²) in [6.07, 6.45) is 3.04. The first kappa shape index (κ1) is 8.10. The first-order valence-electron chi connectivity index (χ1n) is 3.03. The summed E-state index contributed by atoms with van der Waals surface area (Å²) >= 11 is 17.2. The van der Waals surface area contributed by atoms with E-state index in [1.807, 2.05) is 0 Å². The maximum Gasteiger partial charge on any atom is 0.176 e. The van der Waals surface area contributed by atoms with Crippen LogP contribution in [0.3, 0.4) is 0 Å². The Morgan fingerprint density at radius 2 is 2.00 bits per heavy atom. The highest BCUT2D eigenvalue weighted by atomic mass is 35.5. The maximum absolute atomic E-state index is 5.77. The smallest absolute Gasteiger partial charge is 0.176 e. The Morgan fingerprint density at radius 3 is 2.75 bits per heavy atom. The first-order valence-corrected chi connectivity index (χ1v) is 4.16. The van der Waals surface area contributed by atoms with E-state index in [9.17, 15) is 0 Å². The lowest BCUT2D eigenvalue weighted by Crippen LogP contribution is -1.88. The van der Waals surface area contributed by atoms with Gasteiger partial charge in [-0.15, -0.1) is 0 Å². The van der Waals surface area contributed by atoms with Crippen LogP contribution in [0.2, 0.25) is 15.5 Å². The van der Waals surface area contributed by atoms with E-state index in [1.165, 1.54) is 6.20 Å². The molecule has 0 unspecified atom stereocenters. The van der Waals surface area contributed by atoms with Crippen LogP contribution in [-0.2, 0) is 0 Å². The summed E-state index contributed by atoms with van der Waals surface area (Å²) in [7, 11) is 0. The molecule has 0 radical (unpaired) electrons. The molecular weight excluding hydrogens is 220 g/mol. The number of fused-ring (bicyclic) bond motifs is 1. The molecule has 0 aliphatic carbocycles. The predicted molar refractivity (Wildman–Crippen MR) is 48.0 cm³/mol. The Kier molecular flexibility index (Phi) is 1.87. The van der Waals surface area contributed by atoms with Gasteiger partial charge in [-0.2, -0.15) is 0 Å². The fraction of sp³-hybridized carbons (Fsp3) is 0. The summed E-state index contributed by atoms with van der Waals surface area (Å²) < 4.78 is 1.57. The molecule has 0 saturated heterocycles. The lowest BCUT2D eigenvalue weighted by Gasteiger charge is -1.96. The standard InChI is InChI=1S/C6H2Cl3N3/c7-3-2-12-4(8)1-10-6(12)5(9)11-3/h1-2H. The largest absolute Gasteiger partial charge is 0.285 e. The van der Waals surface area contributed by atoms with Crippen LogP contribution in [0, 0.1) is 0 Å². The average Bonchev–Trinajstić information content (AvgIpc) is 2.33. The number of hydrogen-bond acceptors (Lipinski definition) is 2. The van der Waals surface area contributed by atoms with Crippen LogP contribution >= 0.6 is 34.8 Å². The monoisotopic (exact) mass is 221 g/mol. The molecule has 2 rings (SSSR count). The number of imidazole rings is 1. The van der Waals surface area contributed by atoms with Crippen molar-refractivity contribution in [3.8, 4) is 0 Å². The number of aromatic nitrogens is 3. The number of hydrogen-bond donors (Lipinski definition) is 0. The van der Waals surface area contributed by atoms with Gasteiger partial charge in [0, 0.05) is 6.20 Å². The molecule has 0 N–H and O–H groups in total. The molecule has 0 bridgehead atoms. The van der Waals surface area contributed by atoms with Gasteiger partial charge >= 0.3 is 0 Å². The van der Waals surface area contributed by atoms with E-state index in [0.717, 1.165) is 0 Å². The van der Waals surface area contributed by atoms with Crippen LogP contribution in [-0.4, -0.2) is 14.4 Å². The van der Waals surface area contributed by atoms with E-state index in [4.69, 9.17) is 34.8 Å². The van der Waals surface area contributed by atoms with Gasteiger partial charge < -0.3 is 0 Å². The molecule has 0 amide bonds. The normalized spacial score (nSPS) is 10.9. The van der Waals surface area contributed by atoms with Crippen molar-refractivity contribution in [3.05, 3.63) is 27.9 Å². The van der Waals surface area contributed by atoms with Crippen LogP contribution in [0.1, 0.15) is 0 Å². The molecule has 0 spiro atoms. The highest BCUT2D eigenvalue weighted by molar-refractivity contribution is 6.35. The van der Waals surface area contributed by atoms with Gasteiger partial charge in [-0.05, 0) is 0 Å². The number of rotatable bonds is 0. The minimum atomic E-state index is 0.245. The third kappa shape index (κ3) is 1.14. The van der Waals surface area contributed by atoms with Crippen LogP contribution in [0.5, 0.6) is 0 Å². The third-order valence-corrected chi connectivity index (χ3v) is 2.09. The highest BCUT2D eigenvalue weighted by Gasteiger charge is 2.06. The molecule has 62 valence electrons. The second kappa shape index (κ2) is 2.76. The summed E-state index contributed by atoms with van der Waals surface area (Å²) in [6.45, 7) is 0. The van der Waals surface area contributed by atoms with E-state index in [1.54, 1.807) is 10.6 Å². The van der Waals surface area contributed by atoms with Crippen LogP contribution < -0.4 is 0 Å². The fourth-order valence-electron chi connectivity index (χ4n) is 0.895. The quantitative estimate of drug-likeness (QED) is 0.686.